The van der Waals surface area contributed by atoms with Gasteiger partial charge in [0.05, 0.1) is 0 Å². The second-order valence-electron chi connectivity index (χ2n) is 4.95. The largest absolute Gasteiger partial charge is 0.423 e. The molecule has 3 rings (SSSR count). The summed E-state index contributed by atoms with van der Waals surface area (Å²) in [6.45, 7) is 3.18. The maximum Gasteiger partial charge on any atom is 0.247 e. The Labute approximate surface area is 106 Å². The van der Waals surface area contributed by atoms with E-state index in [2.05, 4.69) is 34.6 Å². The van der Waals surface area contributed by atoms with Gasteiger partial charge in [0.1, 0.15) is 0 Å². The van der Waals surface area contributed by atoms with Crippen molar-refractivity contribution in [3.8, 4) is 11.5 Å². The van der Waals surface area contributed by atoms with Crippen molar-refractivity contribution >= 4 is 5.69 Å². The molecule has 4 heteroatoms. The van der Waals surface area contributed by atoms with E-state index in [1.807, 2.05) is 6.07 Å². The van der Waals surface area contributed by atoms with E-state index in [1.54, 1.807) is 0 Å². The van der Waals surface area contributed by atoms with E-state index in [1.165, 1.54) is 31.2 Å². The molecule has 0 unspecified atom stereocenters. The smallest absolute Gasteiger partial charge is 0.247 e. The van der Waals surface area contributed by atoms with Gasteiger partial charge < -0.3 is 9.73 Å². The molecule has 0 aliphatic heterocycles. The van der Waals surface area contributed by atoms with Crippen molar-refractivity contribution in [1.29, 1.82) is 0 Å². The van der Waals surface area contributed by atoms with Crippen molar-refractivity contribution < 1.29 is 4.42 Å². The predicted octanol–water partition coefficient (Wildman–Crippen LogP) is 3.26. The summed E-state index contributed by atoms with van der Waals surface area (Å²) < 4.78 is 5.22. The lowest BCUT2D eigenvalue weighted by atomic mass is 9.85. The van der Waals surface area contributed by atoms with Crippen LogP contribution in [-0.4, -0.2) is 16.7 Å². The maximum atomic E-state index is 5.22. The first-order chi connectivity index (χ1) is 8.83. The Morgan fingerprint density at radius 3 is 2.94 bits per heavy atom. The summed E-state index contributed by atoms with van der Waals surface area (Å²) in [7, 11) is 0. The molecule has 2 aromatic rings. The Balaban J connectivity index is 1.77. The van der Waals surface area contributed by atoms with Gasteiger partial charge in [-0.3, -0.25) is 0 Å². The second kappa shape index (κ2) is 4.80. The highest BCUT2D eigenvalue weighted by Gasteiger charge is 2.17. The molecule has 0 bridgehead atoms. The summed E-state index contributed by atoms with van der Waals surface area (Å²) >= 11 is 0. The van der Waals surface area contributed by atoms with Crippen molar-refractivity contribution in [2.45, 2.75) is 26.2 Å². The van der Waals surface area contributed by atoms with Crippen molar-refractivity contribution in [2.75, 3.05) is 11.9 Å². The Morgan fingerprint density at radius 1 is 1.39 bits per heavy atom. The minimum absolute atomic E-state index is 0.571. The first-order valence-corrected chi connectivity index (χ1v) is 6.44. The molecule has 1 aromatic carbocycles. The van der Waals surface area contributed by atoms with Crippen LogP contribution in [0.4, 0.5) is 5.69 Å². The molecule has 1 fully saturated rings. The van der Waals surface area contributed by atoms with E-state index in [-0.39, 0.29) is 0 Å². The van der Waals surface area contributed by atoms with Gasteiger partial charge >= 0.3 is 0 Å². The van der Waals surface area contributed by atoms with Gasteiger partial charge in [0.15, 0.2) is 0 Å². The molecule has 1 saturated carbocycles. The normalized spacial score (nSPS) is 15.4. The quantitative estimate of drug-likeness (QED) is 0.895. The molecule has 1 N–H and O–H groups in total. The Hall–Kier alpha value is -1.84. The highest BCUT2D eigenvalue weighted by molar-refractivity contribution is 5.64. The summed E-state index contributed by atoms with van der Waals surface area (Å²) in [4.78, 5) is 0. The Morgan fingerprint density at radius 2 is 2.28 bits per heavy atom. The summed E-state index contributed by atoms with van der Waals surface area (Å²) in [5.74, 6) is 1.41. The second-order valence-corrected chi connectivity index (χ2v) is 4.95. The zero-order valence-electron chi connectivity index (χ0n) is 10.5. The number of aromatic nitrogens is 2. The maximum absolute atomic E-state index is 5.22. The predicted molar refractivity (Wildman–Crippen MR) is 70.3 cm³/mol. The molecule has 0 amide bonds. The first kappa shape index (κ1) is 11.3. The van der Waals surface area contributed by atoms with E-state index < -0.39 is 0 Å². The van der Waals surface area contributed by atoms with Gasteiger partial charge in [-0.1, -0.05) is 12.5 Å². The number of anilines is 1. The molecule has 18 heavy (non-hydrogen) atoms. The summed E-state index contributed by atoms with van der Waals surface area (Å²) in [6, 6.07) is 6.18. The highest BCUT2D eigenvalue weighted by atomic mass is 16.4. The Kier molecular flexibility index (Phi) is 3.00. The Bertz CT molecular complexity index is 518. The highest BCUT2D eigenvalue weighted by Crippen LogP contribution is 2.28. The summed E-state index contributed by atoms with van der Waals surface area (Å²) in [5.41, 5.74) is 3.38. The minimum Gasteiger partial charge on any atom is -0.423 e. The van der Waals surface area contributed by atoms with Crippen LogP contribution in [0, 0.1) is 12.8 Å². The van der Waals surface area contributed by atoms with Gasteiger partial charge in [0.25, 0.3) is 0 Å². The van der Waals surface area contributed by atoms with Crippen LogP contribution in [0.25, 0.3) is 11.5 Å². The molecule has 0 saturated heterocycles. The van der Waals surface area contributed by atoms with Gasteiger partial charge in [-0.15, -0.1) is 10.2 Å². The van der Waals surface area contributed by atoms with Crippen LogP contribution < -0.4 is 5.32 Å². The van der Waals surface area contributed by atoms with Gasteiger partial charge in [-0.2, -0.15) is 0 Å². The van der Waals surface area contributed by atoms with Crippen LogP contribution in [0.15, 0.2) is 29.0 Å². The van der Waals surface area contributed by atoms with Crippen LogP contribution in [-0.2, 0) is 0 Å². The minimum atomic E-state index is 0.571. The third-order valence-electron chi connectivity index (χ3n) is 3.65. The third kappa shape index (κ3) is 2.23. The van der Waals surface area contributed by atoms with E-state index in [0.717, 1.165) is 23.7 Å². The average molecular weight is 243 g/mol. The van der Waals surface area contributed by atoms with Crippen LogP contribution >= 0.6 is 0 Å². The number of nitrogens with one attached hydrogen (secondary N) is 1. The molecule has 1 aliphatic rings. The molecule has 0 spiro atoms. The van der Waals surface area contributed by atoms with Crippen molar-refractivity contribution in [2.24, 2.45) is 5.92 Å². The molecule has 4 nitrogen and oxygen atoms in total. The molecule has 1 heterocycles. The zero-order valence-corrected chi connectivity index (χ0v) is 10.5. The third-order valence-corrected chi connectivity index (χ3v) is 3.65. The van der Waals surface area contributed by atoms with Crippen molar-refractivity contribution in [3.05, 3.63) is 30.2 Å². The van der Waals surface area contributed by atoms with E-state index in [4.69, 9.17) is 4.42 Å². The molecular formula is C14H17N3O. The first-order valence-electron chi connectivity index (χ1n) is 6.44. The lowest BCUT2D eigenvalue weighted by Crippen LogP contribution is -2.21. The number of benzene rings is 1. The molecule has 0 radical (unpaired) electrons. The molecule has 1 aromatic heterocycles. The van der Waals surface area contributed by atoms with Gasteiger partial charge in [0.2, 0.25) is 12.3 Å². The average Bonchev–Trinajstić information content (AvgIpc) is 2.83. The lowest BCUT2D eigenvalue weighted by molar-refractivity contribution is 0.333. The van der Waals surface area contributed by atoms with Gasteiger partial charge in [-0.25, -0.2) is 0 Å². The number of nitrogens with zero attached hydrogens (tertiary/aromatic N) is 2. The SMILES string of the molecule is Cc1ccc(-c2nnco2)cc1NCC1CCC1. The van der Waals surface area contributed by atoms with Crippen molar-refractivity contribution in [1.82, 2.24) is 10.2 Å². The molecular weight excluding hydrogens is 226 g/mol. The zero-order chi connectivity index (χ0) is 12.4. The fourth-order valence-corrected chi connectivity index (χ4v) is 2.20. The van der Waals surface area contributed by atoms with E-state index in [9.17, 15) is 0 Å². The monoisotopic (exact) mass is 243 g/mol. The molecule has 94 valence electrons. The number of hydrogen-bond donors (Lipinski definition) is 1. The summed E-state index contributed by atoms with van der Waals surface area (Å²) in [5, 5.41) is 11.2. The fraction of sp³-hybridized carbons (Fsp3) is 0.429. The number of aryl methyl sites for hydroxylation is 1. The van der Waals surface area contributed by atoms with Crippen LogP contribution in [0.2, 0.25) is 0 Å². The number of hydrogen-bond acceptors (Lipinski definition) is 4. The van der Waals surface area contributed by atoms with Crippen LogP contribution in [0.3, 0.4) is 0 Å². The fourth-order valence-electron chi connectivity index (χ4n) is 2.20. The number of rotatable bonds is 4. The lowest BCUT2D eigenvalue weighted by Gasteiger charge is -2.26. The van der Waals surface area contributed by atoms with Gasteiger partial charge in [-0.05, 0) is 43.4 Å². The summed E-state index contributed by atoms with van der Waals surface area (Å²) in [6.07, 6.45) is 5.45. The van der Waals surface area contributed by atoms with Crippen LogP contribution in [0.1, 0.15) is 24.8 Å². The van der Waals surface area contributed by atoms with Crippen LogP contribution in [0.5, 0.6) is 0 Å². The molecule has 1 aliphatic carbocycles. The topological polar surface area (TPSA) is 51.0 Å². The van der Waals surface area contributed by atoms with Gasteiger partial charge in [0, 0.05) is 17.8 Å². The van der Waals surface area contributed by atoms with Crippen molar-refractivity contribution in [3.63, 3.8) is 0 Å². The molecule has 0 atom stereocenters. The van der Waals surface area contributed by atoms with E-state index >= 15 is 0 Å². The van der Waals surface area contributed by atoms with E-state index in [0.29, 0.717) is 5.89 Å². The standard InChI is InChI=1S/C14H17N3O/c1-10-5-6-12(14-17-16-9-18-14)7-13(10)15-8-11-3-2-4-11/h5-7,9,11,15H,2-4,8H2,1H3.